The standard InChI is InChI=1S/C18H13BrN2O3/c1-11-16(9-12-4-2-6-14(19)8-12)17(22)21(20-11)15-7-3-5-13(10-15)18(23)24/h2-10,20H,1H2,(H,23,24)/p-1/b16-9-. The summed E-state index contributed by atoms with van der Waals surface area (Å²) in [5.74, 6) is -1.30. The van der Waals surface area contributed by atoms with E-state index in [1.54, 1.807) is 18.2 Å². The molecule has 3 rings (SSSR count). The van der Waals surface area contributed by atoms with Crippen LogP contribution >= 0.6 is 15.9 Å². The van der Waals surface area contributed by atoms with Crippen LogP contribution in [0.25, 0.3) is 18.3 Å². The van der Waals surface area contributed by atoms with Gasteiger partial charge in [-0.15, -0.1) is 0 Å². The van der Waals surface area contributed by atoms with E-state index < -0.39 is 5.97 Å². The van der Waals surface area contributed by atoms with Crippen LogP contribution in [0.5, 0.6) is 0 Å². The molecule has 0 aliphatic heterocycles. The van der Waals surface area contributed by atoms with Crippen molar-refractivity contribution in [2.75, 3.05) is 0 Å². The van der Waals surface area contributed by atoms with Gasteiger partial charge in [0.1, 0.15) is 0 Å². The quantitative estimate of drug-likeness (QED) is 0.716. The Morgan fingerprint density at radius 1 is 1.21 bits per heavy atom. The van der Waals surface area contributed by atoms with E-state index in [0.29, 0.717) is 16.3 Å². The molecule has 3 aromatic rings. The maximum atomic E-state index is 12.6. The number of aromatic carboxylic acids is 1. The maximum Gasteiger partial charge on any atom is 0.279 e. The minimum atomic E-state index is -1.30. The van der Waals surface area contributed by atoms with Crippen LogP contribution in [0, 0.1) is 0 Å². The van der Waals surface area contributed by atoms with Gasteiger partial charge < -0.3 is 9.90 Å². The molecule has 120 valence electrons. The van der Waals surface area contributed by atoms with E-state index in [1.807, 2.05) is 24.3 Å². The summed E-state index contributed by atoms with van der Waals surface area (Å²) in [5, 5.41) is 14.7. The zero-order valence-corrected chi connectivity index (χ0v) is 14.0. The van der Waals surface area contributed by atoms with Gasteiger partial charge in [0.2, 0.25) is 0 Å². The molecule has 0 amide bonds. The summed E-state index contributed by atoms with van der Waals surface area (Å²) in [6.07, 6.45) is 1.73. The van der Waals surface area contributed by atoms with Crippen molar-refractivity contribution in [1.29, 1.82) is 0 Å². The third-order valence-corrected chi connectivity index (χ3v) is 4.00. The third-order valence-electron chi connectivity index (χ3n) is 3.51. The molecule has 0 aliphatic carbocycles. The smallest absolute Gasteiger partial charge is 0.279 e. The average Bonchev–Trinajstić information content (AvgIpc) is 2.83. The van der Waals surface area contributed by atoms with Crippen LogP contribution in [0.2, 0.25) is 0 Å². The summed E-state index contributed by atoms with van der Waals surface area (Å²) in [6.45, 7) is 3.86. The molecule has 1 N–H and O–H groups in total. The lowest BCUT2D eigenvalue weighted by atomic mass is 10.2. The van der Waals surface area contributed by atoms with Gasteiger partial charge in [-0.3, -0.25) is 9.89 Å². The van der Waals surface area contributed by atoms with E-state index >= 15 is 0 Å². The normalized spacial score (nSPS) is 11.6. The summed E-state index contributed by atoms with van der Waals surface area (Å²) < 4.78 is 2.16. The van der Waals surface area contributed by atoms with Crippen LogP contribution in [0.1, 0.15) is 15.9 Å². The van der Waals surface area contributed by atoms with Gasteiger partial charge in [0.25, 0.3) is 5.56 Å². The molecule has 6 heteroatoms. The van der Waals surface area contributed by atoms with E-state index in [-0.39, 0.29) is 11.1 Å². The van der Waals surface area contributed by atoms with Crippen LogP contribution in [0.15, 0.2) is 57.8 Å². The molecule has 1 aromatic heterocycles. The lowest BCUT2D eigenvalue weighted by Crippen LogP contribution is -2.34. The van der Waals surface area contributed by atoms with Crippen molar-refractivity contribution in [1.82, 2.24) is 9.78 Å². The second-order valence-electron chi connectivity index (χ2n) is 5.18. The van der Waals surface area contributed by atoms with E-state index in [2.05, 4.69) is 27.6 Å². The molecular formula is C18H12BrN2O3-. The number of carbonyl (C=O) groups is 1. The first kappa shape index (κ1) is 16.0. The van der Waals surface area contributed by atoms with Crippen LogP contribution < -0.4 is 21.2 Å². The van der Waals surface area contributed by atoms with Gasteiger partial charge in [0.05, 0.1) is 22.2 Å². The Labute approximate surface area is 145 Å². The number of hydrogen-bond acceptors (Lipinski definition) is 3. The molecule has 5 nitrogen and oxygen atoms in total. The Hall–Kier alpha value is -2.86. The number of benzene rings is 2. The molecule has 0 spiro atoms. The highest BCUT2D eigenvalue weighted by molar-refractivity contribution is 9.10. The van der Waals surface area contributed by atoms with Gasteiger partial charge in [-0.05, 0) is 41.5 Å². The zero-order valence-electron chi connectivity index (χ0n) is 12.5. The predicted molar refractivity (Wildman–Crippen MR) is 93.2 cm³/mol. The summed E-state index contributed by atoms with van der Waals surface area (Å²) in [4.78, 5) is 23.6. The Morgan fingerprint density at radius 2 is 1.96 bits per heavy atom. The molecule has 0 bridgehead atoms. The second-order valence-corrected chi connectivity index (χ2v) is 6.10. The van der Waals surface area contributed by atoms with Crippen molar-refractivity contribution in [2.24, 2.45) is 0 Å². The molecule has 0 unspecified atom stereocenters. The zero-order chi connectivity index (χ0) is 17.3. The van der Waals surface area contributed by atoms with Crippen LogP contribution in [-0.4, -0.2) is 15.7 Å². The maximum absolute atomic E-state index is 12.6. The number of rotatable bonds is 3. The number of halogens is 1. The number of carboxylic acids is 1. The van der Waals surface area contributed by atoms with Crippen molar-refractivity contribution in [3.63, 3.8) is 0 Å². The molecule has 0 aliphatic rings. The molecule has 2 aromatic carbocycles. The summed E-state index contributed by atoms with van der Waals surface area (Å²) >= 11 is 3.39. The summed E-state index contributed by atoms with van der Waals surface area (Å²) in [5.41, 5.74) is 0.939. The number of carboxylic acid groups (broad SMARTS) is 1. The van der Waals surface area contributed by atoms with Gasteiger partial charge >= 0.3 is 0 Å². The third kappa shape index (κ3) is 3.09. The molecule has 0 atom stereocenters. The van der Waals surface area contributed by atoms with Crippen LogP contribution in [-0.2, 0) is 0 Å². The number of aromatic amines is 1. The Kier molecular flexibility index (Phi) is 4.22. The first-order chi connectivity index (χ1) is 11.5. The van der Waals surface area contributed by atoms with Crippen molar-refractivity contribution < 1.29 is 9.90 Å². The molecule has 0 saturated heterocycles. The molecule has 0 fully saturated rings. The van der Waals surface area contributed by atoms with E-state index in [0.717, 1.165) is 10.0 Å². The highest BCUT2D eigenvalue weighted by Crippen LogP contribution is 2.11. The molecule has 0 saturated carbocycles. The van der Waals surface area contributed by atoms with Gasteiger partial charge in [-0.1, -0.05) is 46.8 Å². The molecule has 1 heterocycles. The van der Waals surface area contributed by atoms with Crippen molar-refractivity contribution >= 4 is 34.6 Å². The lowest BCUT2D eigenvalue weighted by molar-refractivity contribution is -0.255. The van der Waals surface area contributed by atoms with E-state index in [1.165, 1.54) is 16.8 Å². The number of nitrogens with one attached hydrogen (secondary N) is 1. The van der Waals surface area contributed by atoms with E-state index in [4.69, 9.17) is 0 Å². The molecule has 24 heavy (non-hydrogen) atoms. The molecular weight excluding hydrogens is 372 g/mol. The SMILES string of the molecule is C=c1[nH]n(-c2cccc(C(=O)[O-])c2)c(=O)/c1=C\c1cccc(Br)c1. The van der Waals surface area contributed by atoms with Gasteiger partial charge in [-0.2, -0.15) is 0 Å². The number of carbonyl (C=O) groups excluding carboxylic acids is 1. The average molecular weight is 384 g/mol. The number of H-pyrrole nitrogens is 1. The highest BCUT2D eigenvalue weighted by atomic mass is 79.9. The number of hydrogen-bond donors (Lipinski definition) is 1. The van der Waals surface area contributed by atoms with Crippen LogP contribution in [0.4, 0.5) is 0 Å². The molecule has 0 radical (unpaired) electrons. The van der Waals surface area contributed by atoms with Crippen molar-refractivity contribution in [3.05, 3.63) is 85.1 Å². The number of aromatic nitrogens is 2. The fraction of sp³-hybridized carbons (Fsp3) is 0. The first-order valence-corrected chi connectivity index (χ1v) is 7.84. The largest absolute Gasteiger partial charge is 0.545 e. The fourth-order valence-corrected chi connectivity index (χ4v) is 2.78. The summed E-state index contributed by atoms with van der Waals surface area (Å²) in [7, 11) is 0. The minimum Gasteiger partial charge on any atom is -0.545 e. The predicted octanol–water partition coefficient (Wildman–Crippen LogP) is 0.531. The minimum absolute atomic E-state index is 0.00266. The van der Waals surface area contributed by atoms with Crippen LogP contribution in [0.3, 0.4) is 0 Å². The topological polar surface area (TPSA) is 77.9 Å². The van der Waals surface area contributed by atoms with Crippen molar-refractivity contribution in [2.45, 2.75) is 0 Å². The first-order valence-electron chi connectivity index (χ1n) is 7.05. The highest BCUT2D eigenvalue weighted by Gasteiger charge is 2.06. The van der Waals surface area contributed by atoms with Gasteiger partial charge in [-0.25, -0.2) is 4.68 Å². The number of nitrogens with zero attached hydrogens (tertiary/aromatic N) is 1. The van der Waals surface area contributed by atoms with Crippen molar-refractivity contribution in [3.8, 4) is 5.69 Å². The van der Waals surface area contributed by atoms with E-state index in [9.17, 15) is 14.7 Å². The lowest BCUT2D eigenvalue weighted by Gasteiger charge is -2.05. The summed E-state index contributed by atoms with van der Waals surface area (Å²) in [6, 6.07) is 13.5. The van der Waals surface area contributed by atoms with Gasteiger partial charge in [0.15, 0.2) is 0 Å². The monoisotopic (exact) mass is 383 g/mol. The fourth-order valence-electron chi connectivity index (χ4n) is 2.36. The van der Waals surface area contributed by atoms with Gasteiger partial charge in [0, 0.05) is 4.47 Å². The Bertz CT molecular complexity index is 1100. The Morgan fingerprint density at radius 3 is 2.67 bits per heavy atom. The Balaban J connectivity index is 2.18. The second kappa shape index (κ2) is 6.33.